The zero-order chi connectivity index (χ0) is 26.8. The number of hydrogen-bond donors (Lipinski definition) is 3. The molecule has 1 atom stereocenters. The summed E-state index contributed by atoms with van der Waals surface area (Å²) in [6.07, 6.45) is 0.356. The molecule has 37 heavy (non-hydrogen) atoms. The van der Waals surface area contributed by atoms with Gasteiger partial charge in [0, 0.05) is 11.4 Å². The topological polar surface area (TPSA) is 143 Å². The number of halogens is 1. The molecule has 4 rings (SSSR count). The second-order valence-corrected chi connectivity index (χ2v) is 10.4. The normalized spacial score (nSPS) is 15.9. The molecule has 0 aliphatic carbocycles. The number of aliphatic imine (C=N–C) groups is 2. The van der Waals surface area contributed by atoms with Crippen LogP contribution in [0.3, 0.4) is 0 Å². The molecule has 0 saturated heterocycles. The van der Waals surface area contributed by atoms with Crippen LogP contribution in [0.25, 0.3) is 0 Å². The van der Waals surface area contributed by atoms with Gasteiger partial charge in [-0.3, -0.25) is 9.69 Å². The summed E-state index contributed by atoms with van der Waals surface area (Å²) in [4.78, 5) is 23.0. The van der Waals surface area contributed by atoms with E-state index in [9.17, 15) is 17.1 Å². The molecule has 0 spiro atoms. The molecule has 192 valence electrons. The number of nitrogens with zero attached hydrogens (tertiary/aromatic N) is 3. The SMILES string of the molecule is CC1(C)N=C(N)N=C(N)N1c1ccc(CC(C(=O)Nc2cccc(S(=O)(=O)F)c2)c2ccccc2)cc1. The van der Waals surface area contributed by atoms with Gasteiger partial charge in [0.25, 0.3) is 0 Å². The van der Waals surface area contributed by atoms with Crippen LogP contribution in [0.15, 0.2) is 93.7 Å². The molecule has 1 unspecified atom stereocenters. The molecule has 1 amide bonds. The van der Waals surface area contributed by atoms with Gasteiger partial charge >= 0.3 is 10.2 Å². The number of carbonyl (C=O) groups excluding carboxylic acids is 1. The lowest BCUT2D eigenvalue weighted by Crippen LogP contribution is -2.54. The van der Waals surface area contributed by atoms with Crippen molar-refractivity contribution in [2.24, 2.45) is 21.5 Å². The predicted octanol–water partition coefficient (Wildman–Crippen LogP) is 3.50. The minimum absolute atomic E-state index is 0.113. The molecular weight excluding hydrogens is 495 g/mol. The lowest BCUT2D eigenvalue weighted by Gasteiger charge is -2.38. The Labute approximate surface area is 214 Å². The maximum atomic E-state index is 13.4. The Bertz CT molecular complexity index is 1470. The van der Waals surface area contributed by atoms with Crippen molar-refractivity contribution >= 4 is 39.4 Å². The number of rotatable bonds is 7. The first-order chi connectivity index (χ1) is 17.4. The molecule has 3 aromatic carbocycles. The lowest BCUT2D eigenvalue weighted by molar-refractivity contribution is -0.117. The second-order valence-electron chi connectivity index (χ2n) is 9.06. The fourth-order valence-corrected chi connectivity index (χ4v) is 4.78. The average Bonchev–Trinajstić information content (AvgIpc) is 2.82. The maximum absolute atomic E-state index is 13.4. The molecule has 3 aromatic rings. The van der Waals surface area contributed by atoms with Gasteiger partial charge in [-0.1, -0.05) is 48.5 Å². The molecule has 0 bridgehead atoms. The number of benzene rings is 3. The van der Waals surface area contributed by atoms with E-state index in [1.54, 1.807) is 4.90 Å². The van der Waals surface area contributed by atoms with Crippen LogP contribution in [0.5, 0.6) is 0 Å². The first-order valence-electron chi connectivity index (χ1n) is 11.4. The summed E-state index contributed by atoms with van der Waals surface area (Å²) < 4.78 is 36.0. The van der Waals surface area contributed by atoms with Crippen LogP contribution in [0, 0.1) is 0 Å². The number of hydrogen-bond acceptors (Lipinski definition) is 8. The van der Waals surface area contributed by atoms with E-state index in [-0.39, 0.29) is 23.5 Å². The highest BCUT2D eigenvalue weighted by atomic mass is 32.3. The number of amides is 1. The lowest BCUT2D eigenvalue weighted by atomic mass is 9.91. The van der Waals surface area contributed by atoms with Crippen LogP contribution in [0.4, 0.5) is 15.3 Å². The van der Waals surface area contributed by atoms with Gasteiger partial charge in [0.15, 0.2) is 0 Å². The highest BCUT2D eigenvalue weighted by molar-refractivity contribution is 7.86. The molecule has 1 heterocycles. The molecule has 1 aliphatic heterocycles. The van der Waals surface area contributed by atoms with Crippen molar-refractivity contribution in [1.29, 1.82) is 0 Å². The Balaban J connectivity index is 1.58. The van der Waals surface area contributed by atoms with Crippen LogP contribution in [-0.4, -0.2) is 31.9 Å². The van der Waals surface area contributed by atoms with Crippen molar-refractivity contribution < 1.29 is 17.1 Å². The summed E-state index contributed by atoms with van der Waals surface area (Å²) in [5.41, 5.74) is 13.7. The summed E-state index contributed by atoms with van der Waals surface area (Å²) in [6.45, 7) is 3.74. The van der Waals surface area contributed by atoms with Crippen LogP contribution in [-0.2, 0) is 21.4 Å². The highest BCUT2D eigenvalue weighted by Gasteiger charge is 2.33. The molecule has 9 nitrogen and oxygen atoms in total. The summed E-state index contributed by atoms with van der Waals surface area (Å²) in [5.74, 6) is -0.617. The van der Waals surface area contributed by atoms with E-state index in [1.165, 1.54) is 12.1 Å². The molecule has 0 aromatic heterocycles. The van der Waals surface area contributed by atoms with Gasteiger partial charge < -0.3 is 16.8 Å². The van der Waals surface area contributed by atoms with Crippen LogP contribution >= 0.6 is 0 Å². The van der Waals surface area contributed by atoms with Crippen LogP contribution in [0.1, 0.15) is 30.9 Å². The third kappa shape index (κ3) is 5.95. The maximum Gasteiger partial charge on any atom is 0.332 e. The number of anilines is 2. The zero-order valence-corrected chi connectivity index (χ0v) is 21.1. The molecule has 0 radical (unpaired) electrons. The fraction of sp³-hybridized carbons (Fsp3) is 0.192. The number of carbonyl (C=O) groups is 1. The van der Waals surface area contributed by atoms with E-state index in [0.29, 0.717) is 6.42 Å². The molecule has 1 aliphatic rings. The van der Waals surface area contributed by atoms with Crippen molar-refractivity contribution in [1.82, 2.24) is 0 Å². The molecular formula is C26H27FN6O3S. The quantitative estimate of drug-likeness (QED) is 0.405. The van der Waals surface area contributed by atoms with E-state index in [1.807, 2.05) is 68.4 Å². The van der Waals surface area contributed by atoms with Crippen LogP contribution < -0.4 is 21.7 Å². The average molecular weight is 523 g/mol. The van der Waals surface area contributed by atoms with Gasteiger partial charge in [-0.05, 0) is 61.7 Å². The van der Waals surface area contributed by atoms with Gasteiger partial charge in [0.05, 0.1) is 5.92 Å². The monoisotopic (exact) mass is 522 g/mol. The van der Waals surface area contributed by atoms with Crippen molar-refractivity contribution in [2.45, 2.75) is 36.7 Å². The smallest absolute Gasteiger partial charge is 0.332 e. The van der Waals surface area contributed by atoms with E-state index in [4.69, 9.17) is 11.5 Å². The van der Waals surface area contributed by atoms with E-state index in [2.05, 4.69) is 15.3 Å². The van der Waals surface area contributed by atoms with Crippen molar-refractivity contribution in [2.75, 3.05) is 10.2 Å². The summed E-state index contributed by atoms with van der Waals surface area (Å²) >= 11 is 0. The Hall–Kier alpha value is -4.25. The first kappa shape index (κ1) is 25.8. The first-order valence-corrected chi connectivity index (χ1v) is 12.8. The van der Waals surface area contributed by atoms with E-state index < -0.39 is 26.7 Å². The molecule has 0 fully saturated rings. The Morgan fingerprint density at radius 3 is 2.32 bits per heavy atom. The molecule has 11 heteroatoms. The van der Waals surface area contributed by atoms with E-state index >= 15 is 0 Å². The summed E-state index contributed by atoms with van der Waals surface area (Å²) in [6, 6.07) is 21.8. The third-order valence-corrected chi connectivity index (χ3v) is 6.75. The molecule has 0 saturated carbocycles. The van der Waals surface area contributed by atoms with Gasteiger partial charge in [0.2, 0.25) is 17.8 Å². The standard InChI is InChI=1S/C26H27FN6O3S/c1-26(2)32-24(28)31-25(29)33(26)20-13-11-17(12-14-20)15-22(18-7-4-3-5-8-18)23(34)30-19-9-6-10-21(16-19)37(27,35)36/h3-14,16,22H,15H2,1-2H3,(H,30,34)(H4,28,29,31,32). The van der Waals surface area contributed by atoms with Crippen LogP contribution in [0.2, 0.25) is 0 Å². The summed E-state index contributed by atoms with van der Waals surface area (Å²) in [7, 11) is -4.90. The molecule has 5 N–H and O–H groups in total. The minimum atomic E-state index is -4.90. The van der Waals surface area contributed by atoms with E-state index in [0.717, 1.165) is 28.9 Å². The number of nitrogens with one attached hydrogen (secondary N) is 1. The minimum Gasteiger partial charge on any atom is -0.369 e. The van der Waals surface area contributed by atoms with Crippen molar-refractivity contribution in [3.8, 4) is 0 Å². The Kier molecular flexibility index (Phi) is 6.99. The van der Waals surface area contributed by atoms with Gasteiger partial charge in [-0.2, -0.15) is 13.4 Å². The Morgan fingerprint density at radius 1 is 1.03 bits per heavy atom. The predicted molar refractivity (Wildman–Crippen MR) is 142 cm³/mol. The largest absolute Gasteiger partial charge is 0.369 e. The zero-order valence-electron chi connectivity index (χ0n) is 20.3. The van der Waals surface area contributed by atoms with Gasteiger partial charge in [0.1, 0.15) is 10.6 Å². The summed E-state index contributed by atoms with van der Waals surface area (Å²) in [5, 5.41) is 2.72. The second kappa shape index (κ2) is 10.0. The number of guanidine groups is 2. The Morgan fingerprint density at radius 2 is 1.70 bits per heavy atom. The highest BCUT2D eigenvalue weighted by Crippen LogP contribution is 2.29. The number of nitrogens with two attached hydrogens (primary N) is 2. The van der Waals surface area contributed by atoms with Crippen molar-refractivity contribution in [3.05, 3.63) is 90.0 Å². The fourth-order valence-electron chi connectivity index (χ4n) is 4.27. The van der Waals surface area contributed by atoms with Gasteiger partial charge in [-0.25, -0.2) is 4.99 Å². The van der Waals surface area contributed by atoms with Crippen molar-refractivity contribution in [3.63, 3.8) is 0 Å². The van der Waals surface area contributed by atoms with Gasteiger partial charge in [-0.15, -0.1) is 3.89 Å². The third-order valence-electron chi connectivity index (χ3n) is 5.93.